The lowest BCUT2D eigenvalue weighted by Crippen LogP contribution is -2.43. The first-order valence-corrected chi connectivity index (χ1v) is 7.17. The minimum absolute atomic E-state index is 0.0765. The van der Waals surface area contributed by atoms with Crippen LogP contribution in [0.4, 0.5) is 0 Å². The van der Waals surface area contributed by atoms with E-state index in [0.29, 0.717) is 30.4 Å². The summed E-state index contributed by atoms with van der Waals surface area (Å²) >= 11 is 5.96. The van der Waals surface area contributed by atoms with E-state index in [2.05, 4.69) is 0 Å². The van der Waals surface area contributed by atoms with Crippen LogP contribution in [0.5, 0.6) is 0 Å². The molecule has 1 aromatic rings. The van der Waals surface area contributed by atoms with Crippen molar-refractivity contribution < 1.29 is 14.3 Å². The molecule has 1 aliphatic rings. The first kappa shape index (κ1) is 14.9. The van der Waals surface area contributed by atoms with Crippen molar-refractivity contribution in [3.63, 3.8) is 0 Å². The van der Waals surface area contributed by atoms with Crippen LogP contribution in [0.2, 0.25) is 5.02 Å². The normalized spacial score (nSPS) is 18.9. The molecular weight excluding hydrogens is 280 g/mol. The number of hydrogen-bond donors (Lipinski definition) is 0. The van der Waals surface area contributed by atoms with Crippen LogP contribution >= 0.6 is 11.6 Å². The molecule has 1 aromatic heterocycles. The van der Waals surface area contributed by atoms with E-state index in [1.807, 2.05) is 11.5 Å². The van der Waals surface area contributed by atoms with E-state index in [1.165, 1.54) is 7.11 Å². The summed E-state index contributed by atoms with van der Waals surface area (Å²) in [7, 11) is 1.38. The van der Waals surface area contributed by atoms with Crippen molar-refractivity contribution in [3.8, 4) is 0 Å². The highest BCUT2D eigenvalue weighted by atomic mass is 35.5. The summed E-state index contributed by atoms with van der Waals surface area (Å²) in [5.41, 5.74) is 0.572. The topological polar surface area (TPSA) is 51.5 Å². The molecule has 1 atom stereocenters. The van der Waals surface area contributed by atoms with Crippen LogP contribution in [-0.4, -0.2) is 41.5 Å². The second-order valence-corrected chi connectivity index (χ2v) is 5.38. The van der Waals surface area contributed by atoms with Gasteiger partial charge >= 0.3 is 5.97 Å². The molecule has 2 heterocycles. The SMILES string of the molecule is CCn1cc(Cl)cc1C(=O)N1CCC[C@H](C(=O)OC)C1. The fourth-order valence-electron chi connectivity index (χ4n) is 2.60. The summed E-state index contributed by atoms with van der Waals surface area (Å²) in [5, 5.41) is 0.553. The van der Waals surface area contributed by atoms with Crippen LogP contribution < -0.4 is 0 Å². The Bertz CT molecular complexity index is 513. The Kier molecular flexibility index (Phi) is 4.70. The Hall–Kier alpha value is -1.49. The Labute approximate surface area is 123 Å². The quantitative estimate of drug-likeness (QED) is 0.804. The molecule has 2 rings (SSSR count). The summed E-state index contributed by atoms with van der Waals surface area (Å²) in [6.45, 7) is 3.72. The molecule has 0 aliphatic carbocycles. The number of esters is 1. The number of carbonyl (C=O) groups excluding carboxylic acids is 2. The van der Waals surface area contributed by atoms with Gasteiger partial charge < -0.3 is 14.2 Å². The third-order valence-corrected chi connectivity index (χ3v) is 3.87. The maximum atomic E-state index is 12.5. The predicted octanol–water partition coefficient (Wildman–Crippen LogP) is 2.19. The smallest absolute Gasteiger partial charge is 0.310 e. The van der Waals surface area contributed by atoms with Gasteiger partial charge in [0, 0.05) is 25.8 Å². The number of halogens is 1. The average Bonchev–Trinajstić information content (AvgIpc) is 2.86. The summed E-state index contributed by atoms with van der Waals surface area (Å²) in [5.74, 6) is -0.544. The number of amides is 1. The molecule has 1 fully saturated rings. The lowest BCUT2D eigenvalue weighted by atomic mass is 9.98. The van der Waals surface area contributed by atoms with Crippen molar-refractivity contribution in [3.05, 3.63) is 23.0 Å². The number of methoxy groups -OCH3 is 1. The van der Waals surface area contributed by atoms with E-state index in [1.54, 1.807) is 17.2 Å². The maximum Gasteiger partial charge on any atom is 0.310 e. The van der Waals surface area contributed by atoms with Crippen LogP contribution in [0.3, 0.4) is 0 Å². The fourth-order valence-corrected chi connectivity index (χ4v) is 2.82. The van der Waals surface area contributed by atoms with E-state index in [0.717, 1.165) is 12.8 Å². The molecule has 1 aliphatic heterocycles. The number of aryl methyl sites for hydroxylation is 1. The molecule has 0 bridgehead atoms. The minimum atomic E-state index is -0.244. The molecule has 1 saturated heterocycles. The summed E-state index contributed by atoms with van der Waals surface area (Å²) in [4.78, 5) is 25.9. The lowest BCUT2D eigenvalue weighted by molar-refractivity contribution is -0.146. The summed E-state index contributed by atoms with van der Waals surface area (Å²) in [6.07, 6.45) is 3.33. The Morgan fingerprint density at radius 3 is 2.90 bits per heavy atom. The highest BCUT2D eigenvalue weighted by Gasteiger charge is 2.30. The number of nitrogens with zero attached hydrogens (tertiary/aromatic N) is 2. The van der Waals surface area contributed by atoms with Crippen molar-refractivity contribution in [2.24, 2.45) is 5.92 Å². The van der Waals surface area contributed by atoms with Gasteiger partial charge in [0.1, 0.15) is 5.69 Å². The van der Waals surface area contributed by atoms with Gasteiger partial charge in [-0.25, -0.2) is 0 Å². The van der Waals surface area contributed by atoms with E-state index in [4.69, 9.17) is 16.3 Å². The number of ether oxygens (including phenoxy) is 1. The van der Waals surface area contributed by atoms with Crippen molar-refractivity contribution in [1.29, 1.82) is 0 Å². The van der Waals surface area contributed by atoms with Crippen LogP contribution in [0.15, 0.2) is 12.3 Å². The Balaban J connectivity index is 2.14. The van der Waals surface area contributed by atoms with E-state index < -0.39 is 0 Å². The molecule has 0 spiro atoms. The van der Waals surface area contributed by atoms with E-state index in [-0.39, 0.29) is 17.8 Å². The van der Waals surface area contributed by atoms with Crippen LogP contribution in [-0.2, 0) is 16.1 Å². The number of piperidine rings is 1. The van der Waals surface area contributed by atoms with Crippen molar-refractivity contribution in [1.82, 2.24) is 9.47 Å². The molecular formula is C14H19ClN2O3. The van der Waals surface area contributed by atoms with Gasteiger partial charge in [0.15, 0.2) is 0 Å². The second kappa shape index (κ2) is 6.31. The van der Waals surface area contributed by atoms with Gasteiger partial charge in [-0.3, -0.25) is 9.59 Å². The summed E-state index contributed by atoms with van der Waals surface area (Å²) < 4.78 is 6.60. The predicted molar refractivity (Wildman–Crippen MR) is 75.8 cm³/mol. The third kappa shape index (κ3) is 2.98. The molecule has 20 heavy (non-hydrogen) atoms. The maximum absolute atomic E-state index is 12.5. The monoisotopic (exact) mass is 298 g/mol. The van der Waals surface area contributed by atoms with Gasteiger partial charge in [0.05, 0.1) is 18.1 Å². The molecule has 0 aromatic carbocycles. The van der Waals surface area contributed by atoms with Gasteiger partial charge in [-0.2, -0.15) is 0 Å². The van der Waals surface area contributed by atoms with Crippen molar-refractivity contribution >= 4 is 23.5 Å². The first-order chi connectivity index (χ1) is 9.56. The van der Waals surface area contributed by atoms with Gasteiger partial charge in [0.25, 0.3) is 5.91 Å². The molecule has 0 unspecified atom stereocenters. The second-order valence-electron chi connectivity index (χ2n) is 4.94. The highest BCUT2D eigenvalue weighted by Crippen LogP contribution is 2.22. The first-order valence-electron chi connectivity index (χ1n) is 6.79. The highest BCUT2D eigenvalue weighted by molar-refractivity contribution is 6.31. The molecule has 5 nitrogen and oxygen atoms in total. The van der Waals surface area contributed by atoms with Crippen molar-refractivity contribution in [2.45, 2.75) is 26.3 Å². The van der Waals surface area contributed by atoms with E-state index >= 15 is 0 Å². The van der Waals surface area contributed by atoms with Gasteiger partial charge in [-0.05, 0) is 25.8 Å². The molecule has 0 radical (unpaired) electrons. The third-order valence-electron chi connectivity index (χ3n) is 3.67. The molecule has 1 amide bonds. The Morgan fingerprint density at radius 1 is 1.50 bits per heavy atom. The van der Waals surface area contributed by atoms with Crippen LogP contribution in [0.25, 0.3) is 0 Å². The lowest BCUT2D eigenvalue weighted by Gasteiger charge is -2.31. The molecule has 110 valence electrons. The zero-order chi connectivity index (χ0) is 14.7. The minimum Gasteiger partial charge on any atom is -0.469 e. The van der Waals surface area contributed by atoms with E-state index in [9.17, 15) is 9.59 Å². The fraction of sp³-hybridized carbons (Fsp3) is 0.571. The zero-order valence-corrected chi connectivity index (χ0v) is 12.5. The average molecular weight is 299 g/mol. The van der Waals surface area contributed by atoms with Gasteiger partial charge in [0.2, 0.25) is 0 Å². The molecule has 0 saturated carbocycles. The zero-order valence-electron chi connectivity index (χ0n) is 11.8. The van der Waals surface area contributed by atoms with Crippen molar-refractivity contribution in [2.75, 3.05) is 20.2 Å². The number of carbonyl (C=O) groups is 2. The van der Waals surface area contributed by atoms with Crippen LogP contribution in [0.1, 0.15) is 30.3 Å². The van der Waals surface area contributed by atoms with Gasteiger partial charge in [-0.1, -0.05) is 11.6 Å². The number of rotatable bonds is 3. The largest absolute Gasteiger partial charge is 0.469 e. The Morgan fingerprint density at radius 2 is 2.25 bits per heavy atom. The molecule has 0 N–H and O–H groups in total. The summed E-state index contributed by atoms with van der Waals surface area (Å²) in [6, 6.07) is 1.68. The number of aromatic nitrogens is 1. The molecule has 6 heteroatoms. The number of hydrogen-bond acceptors (Lipinski definition) is 3. The standard InChI is InChI=1S/C14H19ClN2O3/c1-3-16-9-11(15)7-12(16)13(18)17-6-4-5-10(8-17)14(19)20-2/h7,9-10H,3-6,8H2,1-2H3/t10-/m0/s1. The number of likely N-dealkylation sites (tertiary alicyclic amines) is 1. The van der Waals surface area contributed by atoms with Crippen LogP contribution in [0, 0.1) is 5.92 Å². The van der Waals surface area contributed by atoms with Gasteiger partial charge in [-0.15, -0.1) is 0 Å².